The van der Waals surface area contributed by atoms with Crippen molar-refractivity contribution in [2.45, 2.75) is 32.2 Å². The van der Waals surface area contributed by atoms with Crippen LogP contribution in [-0.4, -0.2) is 12.6 Å². The van der Waals surface area contributed by atoms with Crippen molar-refractivity contribution >= 4 is 23.2 Å². The summed E-state index contributed by atoms with van der Waals surface area (Å²) >= 11 is 11.9. The Bertz CT molecular complexity index is 641. The molecular weight excluding hydrogens is 339 g/mol. The van der Waals surface area contributed by atoms with E-state index in [0.717, 1.165) is 30.5 Å². The molecule has 0 fully saturated rings. The molecule has 0 bridgehead atoms. The molecule has 1 N–H and O–H groups in total. The van der Waals surface area contributed by atoms with Gasteiger partial charge < -0.3 is 5.32 Å². The van der Waals surface area contributed by atoms with Crippen LogP contribution in [0.5, 0.6) is 0 Å². The number of halogens is 4. The highest BCUT2D eigenvalue weighted by molar-refractivity contribution is 6.34. The zero-order valence-electron chi connectivity index (χ0n) is 12.9. The van der Waals surface area contributed by atoms with E-state index in [1.54, 1.807) is 12.1 Å². The fraction of sp³-hybridized carbons (Fsp3) is 0.333. The van der Waals surface area contributed by atoms with Gasteiger partial charge in [-0.15, -0.1) is 0 Å². The van der Waals surface area contributed by atoms with Gasteiger partial charge in [0, 0.05) is 16.1 Å². The van der Waals surface area contributed by atoms with Gasteiger partial charge in [0.15, 0.2) is 11.6 Å². The molecule has 0 aliphatic carbocycles. The van der Waals surface area contributed by atoms with E-state index in [9.17, 15) is 8.78 Å². The van der Waals surface area contributed by atoms with Gasteiger partial charge in [-0.3, -0.25) is 0 Å². The molecule has 0 radical (unpaired) electrons. The van der Waals surface area contributed by atoms with E-state index in [4.69, 9.17) is 23.2 Å². The van der Waals surface area contributed by atoms with E-state index < -0.39 is 11.6 Å². The summed E-state index contributed by atoms with van der Waals surface area (Å²) in [6, 6.07) is 9.76. The molecule has 0 spiro atoms. The maximum absolute atomic E-state index is 13.2. The zero-order valence-corrected chi connectivity index (χ0v) is 14.4. The van der Waals surface area contributed by atoms with E-state index in [1.807, 2.05) is 19.1 Å². The Morgan fingerprint density at radius 2 is 1.65 bits per heavy atom. The average molecular weight is 358 g/mol. The van der Waals surface area contributed by atoms with Gasteiger partial charge in [-0.25, -0.2) is 8.78 Å². The van der Waals surface area contributed by atoms with Crippen molar-refractivity contribution in [3.05, 3.63) is 69.2 Å². The van der Waals surface area contributed by atoms with Crippen LogP contribution in [0.25, 0.3) is 0 Å². The van der Waals surface area contributed by atoms with Crippen LogP contribution in [0, 0.1) is 11.6 Å². The number of benzene rings is 2. The van der Waals surface area contributed by atoms with Crippen molar-refractivity contribution in [1.29, 1.82) is 0 Å². The zero-order chi connectivity index (χ0) is 16.8. The molecule has 2 aromatic carbocycles. The predicted molar refractivity (Wildman–Crippen MR) is 92.3 cm³/mol. The number of nitrogens with one attached hydrogen (secondary N) is 1. The molecule has 0 saturated carbocycles. The van der Waals surface area contributed by atoms with Gasteiger partial charge in [0.2, 0.25) is 0 Å². The lowest BCUT2D eigenvalue weighted by Gasteiger charge is -2.14. The number of hydrogen-bond acceptors (Lipinski definition) is 1. The van der Waals surface area contributed by atoms with Crippen molar-refractivity contribution < 1.29 is 8.78 Å². The van der Waals surface area contributed by atoms with Gasteiger partial charge in [0.1, 0.15) is 0 Å². The molecule has 0 saturated heterocycles. The summed E-state index contributed by atoms with van der Waals surface area (Å²) in [5.41, 5.74) is 1.89. The smallest absolute Gasteiger partial charge is 0.159 e. The summed E-state index contributed by atoms with van der Waals surface area (Å²) in [7, 11) is 0. The van der Waals surface area contributed by atoms with Crippen LogP contribution in [0.2, 0.25) is 10.0 Å². The standard InChI is InChI=1S/C18H19Cl2F2N/c1-12(7-14-4-5-17(21)18(22)10-14)23-6-2-3-13-8-15(19)11-16(20)9-13/h4-5,8-12,23H,2-3,6-7H2,1H3. The first kappa shape index (κ1) is 18.2. The van der Waals surface area contributed by atoms with Crippen molar-refractivity contribution in [3.8, 4) is 0 Å². The summed E-state index contributed by atoms with van der Waals surface area (Å²) in [5.74, 6) is -1.61. The molecule has 23 heavy (non-hydrogen) atoms. The highest BCUT2D eigenvalue weighted by Gasteiger charge is 2.07. The first-order chi connectivity index (χ1) is 10.9. The summed E-state index contributed by atoms with van der Waals surface area (Å²) in [5, 5.41) is 4.67. The molecule has 0 aliphatic rings. The van der Waals surface area contributed by atoms with Gasteiger partial charge >= 0.3 is 0 Å². The number of hydrogen-bond donors (Lipinski definition) is 1. The third-order valence-corrected chi connectivity index (χ3v) is 4.02. The SMILES string of the molecule is CC(Cc1ccc(F)c(F)c1)NCCCc1cc(Cl)cc(Cl)c1. The Balaban J connectivity index is 1.74. The second-order valence-electron chi connectivity index (χ2n) is 5.69. The van der Waals surface area contributed by atoms with Crippen molar-refractivity contribution in [2.75, 3.05) is 6.54 Å². The van der Waals surface area contributed by atoms with Gasteiger partial charge in [-0.05, 0) is 74.2 Å². The van der Waals surface area contributed by atoms with Crippen LogP contribution in [0.3, 0.4) is 0 Å². The van der Waals surface area contributed by atoms with Gasteiger partial charge in [0.05, 0.1) is 0 Å². The van der Waals surface area contributed by atoms with Crippen LogP contribution in [0.1, 0.15) is 24.5 Å². The largest absolute Gasteiger partial charge is 0.314 e. The van der Waals surface area contributed by atoms with E-state index in [2.05, 4.69) is 5.32 Å². The van der Waals surface area contributed by atoms with E-state index in [1.165, 1.54) is 12.1 Å². The lowest BCUT2D eigenvalue weighted by atomic mass is 10.1. The molecule has 0 aliphatic heterocycles. The summed E-state index contributed by atoms with van der Waals surface area (Å²) in [4.78, 5) is 0. The van der Waals surface area contributed by atoms with Crippen LogP contribution < -0.4 is 5.32 Å². The molecule has 0 heterocycles. The first-order valence-corrected chi connectivity index (χ1v) is 8.32. The molecule has 1 unspecified atom stereocenters. The van der Waals surface area contributed by atoms with Crippen molar-refractivity contribution in [3.63, 3.8) is 0 Å². The van der Waals surface area contributed by atoms with Gasteiger partial charge in [0.25, 0.3) is 0 Å². The van der Waals surface area contributed by atoms with Gasteiger partial charge in [-0.2, -0.15) is 0 Å². The van der Waals surface area contributed by atoms with Crippen LogP contribution in [0.4, 0.5) is 8.78 Å². The monoisotopic (exact) mass is 357 g/mol. The second-order valence-corrected chi connectivity index (χ2v) is 6.56. The highest BCUT2D eigenvalue weighted by Crippen LogP contribution is 2.19. The van der Waals surface area contributed by atoms with Crippen molar-refractivity contribution in [2.24, 2.45) is 0 Å². The minimum absolute atomic E-state index is 0.183. The normalized spacial score (nSPS) is 12.4. The van der Waals surface area contributed by atoms with E-state index in [0.29, 0.717) is 16.5 Å². The molecule has 1 nitrogen and oxygen atoms in total. The Kier molecular flexibility index (Phi) is 6.82. The Morgan fingerprint density at radius 3 is 2.30 bits per heavy atom. The molecule has 5 heteroatoms. The minimum atomic E-state index is -0.811. The Labute approximate surface area is 145 Å². The lowest BCUT2D eigenvalue weighted by Crippen LogP contribution is -2.29. The fourth-order valence-corrected chi connectivity index (χ4v) is 3.06. The van der Waals surface area contributed by atoms with Crippen LogP contribution in [-0.2, 0) is 12.8 Å². The quantitative estimate of drug-likeness (QED) is 0.651. The molecule has 124 valence electrons. The molecule has 0 aromatic heterocycles. The lowest BCUT2D eigenvalue weighted by molar-refractivity contribution is 0.501. The van der Waals surface area contributed by atoms with Crippen LogP contribution in [0.15, 0.2) is 36.4 Å². The first-order valence-electron chi connectivity index (χ1n) is 7.56. The maximum atomic E-state index is 13.2. The summed E-state index contributed by atoms with van der Waals surface area (Å²) in [6.45, 7) is 2.85. The molecule has 1 atom stereocenters. The topological polar surface area (TPSA) is 12.0 Å². The van der Waals surface area contributed by atoms with E-state index in [-0.39, 0.29) is 6.04 Å². The minimum Gasteiger partial charge on any atom is -0.314 e. The average Bonchev–Trinajstić information content (AvgIpc) is 2.46. The van der Waals surface area contributed by atoms with Crippen LogP contribution >= 0.6 is 23.2 Å². The molecule has 2 aromatic rings. The number of aryl methyl sites for hydroxylation is 1. The summed E-state index contributed by atoms with van der Waals surface area (Å²) < 4.78 is 26.1. The second kappa shape index (κ2) is 8.62. The summed E-state index contributed by atoms with van der Waals surface area (Å²) in [6.07, 6.45) is 2.48. The highest BCUT2D eigenvalue weighted by atomic mass is 35.5. The number of rotatable bonds is 7. The molecule has 2 rings (SSSR count). The van der Waals surface area contributed by atoms with Crippen molar-refractivity contribution in [1.82, 2.24) is 5.32 Å². The Morgan fingerprint density at radius 1 is 0.957 bits per heavy atom. The molecule has 0 amide bonds. The maximum Gasteiger partial charge on any atom is 0.159 e. The molecular formula is C18H19Cl2F2N. The fourth-order valence-electron chi connectivity index (χ4n) is 2.49. The van der Waals surface area contributed by atoms with E-state index >= 15 is 0 Å². The van der Waals surface area contributed by atoms with Gasteiger partial charge in [-0.1, -0.05) is 29.3 Å². The Hall–Kier alpha value is -1.16. The predicted octanol–water partition coefficient (Wildman–Crippen LogP) is 5.43. The third kappa shape index (κ3) is 6.09. The third-order valence-electron chi connectivity index (χ3n) is 3.58.